The van der Waals surface area contributed by atoms with Crippen LogP contribution in [-0.4, -0.2) is 108 Å². The molecule has 8 atom stereocenters. The van der Waals surface area contributed by atoms with Gasteiger partial charge in [-0.1, -0.05) is 68.2 Å². The second kappa shape index (κ2) is 16.0. The summed E-state index contributed by atoms with van der Waals surface area (Å²) in [6.45, 7) is 16.9. The normalized spacial score (nSPS) is 29.2. The van der Waals surface area contributed by atoms with Gasteiger partial charge in [0.25, 0.3) is 17.7 Å². The summed E-state index contributed by atoms with van der Waals surface area (Å²) < 4.78 is 17.0. The van der Waals surface area contributed by atoms with Gasteiger partial charge in [-0.2, -0.15) is 0 Å². The Kier molecular flexibility index (Phi) is 14.1. The summed E-state index contributed by atoms with van der Waals surface area (Å²) in [5.74, 6) is -5.98. The summed E-state index contributed by atoms with van der Waals surface area (Å²) in [4.78, 5) is 84.7. The first-order valence-electron chi connectivity index (χ1n) is 15.2. The molecule has 1 heterocycles. The molecule has 1 rings (SSSR count). The minimum atomic E-state index is -1.29. The lowest BCUT2D eigenvalue weighted by Crippen LogP contribution is -2.56. The lowest BCUT2D eigenvalue weighted by atomic mass is 9.95. The average Bonchev–Trinajstić information content (AvgIpc) is 2.95. The van der Waals surface area contributed by atoms with Gasteiger partial charge in [0.15, 0.2) is 18.3 Å². The molecule has 0 aliphatic carbocycles. The highest BCUT2D eigenvalue weighted by molar-refractivity contribution is 5.93. The van der Waals surface area contributed by atoms with Gasteiger partial charge in [-0.05, 0) is 37.5 Å². The Labute approximate surface area is 256 Å². The third-order valence-electron chi connectivity index (χ3n) is 8.47. The van der Waals surface area contributed by atoms with Gasteiger partial charge in [0.1, 0.15) is 18.1 Å². The van der Waals surface area contributed by atoms with Crippen LogP contribution in [0.15, 0.2) is 0 Å². The summed E-state index contributed by atoms with van der Waals surface area (Å²) >= 11 is 0. The average molecular weight is 612 g/mol. The van der Waals surface area contributed by atoms with Crippen LogP contribution in [0.25, 0.3) is 0 Å². The maximum atomic E-state index is 13.9. The van der Waals surface area contributed by atoms with E-state index in [0.29, 0.717) is 12.8 Å². The van der Waals surface area contributed by atoms with Gasteiger partial charge in [-0.3, -0.25) is 14.4 Å². The van der Waals surface area contributed by atoms with E-state index in [1.807, 2.05) is 13.8 Å². The number of hydrogen-bond acceptors (Lipinski definition) is 9. The Morgan fingerprint density at radius 3 is 1.26 bits per heavy atom. The van der Waals surface area contributed by atoms with Crippen LogP contribution in [0, 0.1) is 23.7 Å². The maximum Gasteiger partial charge on any atom is 0.329 e. The number of carbonyl (C=O) groups excluding carboxylic acids is 6. The minimum Gasteiger partial charge on any atom is -0.451 e. The molecule has 1 aliphatic rings. The zero-order chi connectivity index (χ0) is 33.5. The largest absolute Gasteiger partial charge is 0.451 e. The van der Waals surface area contributed by atoms with E-state index in [1.165, 1.54) is 44.8 Å². The molecular weight excluding hydrogens is 558 g/mol. The van der Waals surface area contributed by atoms with Crippen LogP contribution in [0.2, 0.25) is 0 Å². The summed E-state index contributed by atoms with van der Waals surface area (Å²) in [5.41, 5.74) is 0. The maximum absolute atomic E-state index is 13.9. The number of hydrogen-bond donors (Lipinski definition) is 0. The fourth-order valence-electron chi connectivity index (χ4n) is 4.96. The first-order chi connectivity index (χ1) is 19.8. The molecule has 1 fully saturated rings. The van der Waals surface area contributed by atoms with Gasteiger partial charge in [0.2, 0.25) is 0 Å². The van der Waals surface area contributed by atoms with E-state index in [4.69, 9.17) is 14.2 Å². The van der Waals surface area contributed by atoms with Crippen LogP contribution < -0.4 is 0 Å². The molecule has 0 radical (unpaired) electrons. The highest BCUT2D eigenvalue weighted by Crippen LogP contribution is 2.24. The van der Waals surface area contributed by atoms with Gasteiger partial charge in [0.05, 0.1) is 0 Å². The van der Waals surface area contributed by atoms with Crippen molar-refractivity contribution >= 4 is 35.6 Å². The molecule has 0 aromatic heterocycles. The van der Waals surface area contributed by atoms with Crippen molar-refractivity contribution in [2.24, 2.45) is 23.7 Å². The Hall–Kier alpha value is -3.18. The number of nitrogens with zero attached hydrogens (tertiary/aromatic N) is 3. The van der Waals surface area contributed by atoms with Crippen LogP contribution in [0.4, 0.5) is 0 Å². The Balaban J connectivity index is 3.80. The SMILES string of the molecule is CC[C@H](C)[C@H]1C(=O)O[C@H](C(C)C)C(=O)N(C)[C@@H]([C@@H](C)CC)C(=O)O[C@H](C(C)C)C(=O)N(C)[C@@H](C)C(=O)O[C@H](C)C(=O)N1C. The van der Waals surface area contributed by atoms with Gasteiger partial charge in [-0.15, -0.1) is 0 Å². The quantitative estimate of drug-likeness (QED) is 0.328. The Bertz CT molecular complexity index is 1030. The highest BCUT2D eigenvalue weighted by Gasteiger charge is 2.44. The molecule has 1 saturated heterocycles. The monoisotopic (exact) mass is 611 g/mol. The predicted octanol–water partition coefficient (Wildman–Crippen LogP) is 2.66. The molecule has 0 aromatic carbocycles. The van der Waals surface area contributed by atoms with Crippen molar-refractivity contribution in [2.45, 2.75) is 119 Å². The van der Waals surface area contributed by atoms with E-state index in [-0.39, 0.29) is 11.8 Å². The van der Waals surface area contributed by atoms with E-state index < -0.39 is 83.9 Å². The number of likely N-dealkylation sites (N-methyl/N-ethyl adjacent to an activating group) is 3. The number of amides is 3. The molecule has 3 amide bonds. The first-order valence-corrected chi connectivity index (χ1v) is 15.2. The molecule has 0 N–H and O–H groups in total. The van der Waals surface area contributed by atoms with Crippen molar-refractivity contribution in [1.82, 2.24) is 14.7 Å². The first kappa shape index (κ1) is 37.8. The molecule has 0 aromatic rings. The number of esters is 3. The predicted molar refractivity (Wildman–Crippen MR) is 159 cm³/mol. The third kappa shape index (κ3) is 8.92. The molecule has 246 valence electrons. The molecule has 43 heavy (non-hydrogen) atoms. The topological polar surface area (TPSA) is 140 Å². The summed E-state index contributed by atoms with van der Waals surface area (Å²) in [6.07, 6.45) is -2.80. The van der Waals surface area contributed by atoms with E-state index in [1.54, 1.807) is 41.5 Å². The van der Waals surface area contributed by atoms with Crippen molar-refractivity contribution in [1.29, 1.82) is 0 Å². The number of rotatable bonds is 6. The molecular formula is C31H53N3O9. The second-order valence-electron chi connectivity index (χ2n) is 12.5. The van der Waals surface area contributed by atoms with Gasteiger partial charge in [0, 0.05) is 21.1 Å². The van der Waals surface area contributed by atoms with Gasteiger partial charge in [-0.25, -0.2) is 14.4 Å². The zero-order valence-electron chi connectivity index (χ0n) is 28.2. The lowest BCUT2D eigenvalue weighted by Gasteiger charge is -2.37. The van der Waals surface area contributed by atoms with Crippen LogP contribution in [0.5, 0.6) is 0 Å². The molecule has 0 bridgehead atoms. The van der Waals surface area contributed by atoms with Crippen molar-refractivity contribution in [3.63, 3.8) is 0 Å². The zero-order valence-corrected chi connectivity index (χ0v) is 28.2. The van der Waals surface area contributed by atoms with Crippen LogP contribution >= 0.6 is 0 Å². The van der Waals surface area contributed by atoms with Crippen LogP contribution in [-0.2, 0) is 43.0 Å². The lowest BCUT2D eigenvalue weighted by molar-refractivity contribution is -0.179. The second-order valence-corrected chi connectivity index (χ2v) is 12.5. The Morgan fingerprint density at radius 1 is 0.558 bits per heavy atom. The molecule has 12 heteroatoms. The number of carbonyl (C=O) groups is 6. The van der Waals surface area contributed by atoms with E-state index in [0.717, 1.165) is 4.90 Å². The standard InChI is InChI=1S/C31H53N3O9/c1-14-18(7)22-30(39)43-25(17(5)6)28(37)34(13)23(19(8)15-2)31(40)42-24(16(3)4)27(36)32(11)20(9)29(38)41-21(10)26(35)33(22)12/h16-25H,14-15H2,1-13H3/t18-,19-,20-,21+,22-,23-,24+,25+/m0/s1. The van der Waals surface area contributed by atoms with E-state index in [2.05, 4.69) is 0 Å². The van der Waals surface area contributed by atoms with Crippen molar-refractivity contribution < 1.29 is 43.0 Å². The van der Waals surface area contributed by atoms with Gasteiger partial charge < -0.3 is 28.9 Å². The number of ether oxygens (including phenoxy) is 3. The fourth-order valence-corrected chi connectivity index (χ4v) is 4.96. The molecule has 0 unspecified atom stereocenters. The summed E-state index contributed by atoms with van der Waals surface area (Å²) in [5, 5.41) is 0. The van der Waals surface area contributed by atoms with Crippen molar-refractivity contribution in [2.75, 3.05) is 21.1 Å². The fraction of sp³-hybridized carbons (Fsp3) is 0.806. The van der Waals surface area contributed by atoms with Gasteiger partial charge >= 0.3 is 17.9 Å². The van der Waals surface area contributed by atoms with Crippen molar-refractivity contribution in [3.05, 3.63) is 0 Å². The Morgan fingerprint density at radius 2 is 0.907 bits per heavy atom. The van der Waals surface area contributed by atoms with Crippen LogP contribution in [0.3, 0.4) is 0 Å². The van der Waals surface area contributed by atoms with Crippen LogP contribution in [0.1, 0.15) is 82.1 Å². The van der Waals surface area contributed by atoms with E-state index in [9.17, 15) is 28.8 Å². The van der Waals surface area contributed by atoms with Crippen molar-refractivity contribution in [3.8, 4) is 0 Å². The molecule has 0 saturated carbocycles. The summed E-state index contributed by atoms with van der Waals surface area (Å²) in [7, 11) is 4.25. The van der Waals surface area contributed by atoms with E-state index >= 15 is 0 Å². The molecule has 0 spiro atoms. The smallest absolute Gasteiger partial charge is 0.329 e. The highest BCUT2D eigenvalue weighted by atomic mass is 16.6. The molecule has 1 aliphatic heterocycles. The molecule has 12 nitrogen and oxygen atoms in total. The summed E-state index contributed by atoms with van der Waals surface area (Å²) in [6, 6.07) is -3.29. The number of cyclic esters (lactones) is 3. The third-order valence-corrected chi connectivity index (χ3v) is 8.47. The minimum absolute atomic E-state index is 0.367.